The fourth-order valence-electron chi connectivity index (χ4n) is 2.91. The van der Waals surface area contributed by atoms with Crippen LogP contribution in [-0.2, 0) is 0 Å². The molecule has 4 rings (SSSR count). The van der Waals surface area contributed by atoms with Crippen molar-refractivity contribution in [2.45, 2.75) is 26.0 Å². The topological polar surface area (TPSA) is 34.5 Å². The summed E-state index contributed by atoms with van der Waals surface area (Å²) in [5.74, 6) is -0.103. The molecule has 1 aliphatic rings. The number of benzene rings is 2. The summed E-state index contributed by atoms with van der Waals surface area (Å²) >= 11 is 0. The molecule has 1 unspecified atom stereocenters. The van der Waals surface area contributed by atoms with Crippen LogP contribution in [0.2, 0.25) is 0 Å². The molecule has 0 fully saturated rings. The van der Waals surface area contributed by atoms with Crippen LogP contribution in [0.15, 0.2) is 59.7 Å². The molecule has 2 heterocycles. The number of pyridine rings is 1. The molecule has 0 radical (unpaired) electrons. The molecule has 0 aliphatic carbocycles. The fraction of sp³-hybridized carbons (Fsp3) is 0.200. The highest BCUT2D eigenvalue weighted by atomic mass is 19.1. The number of aromatic nitrogens is 1. The third kappa shape index (κ3) is 2.35. The average Bonchev–Trinajstić information content (AvgIpc) is 2.62. The van der Waals surface area contributed by atoms with E-state index in [0.29, 0.717) is 12.0 Å². The largest absolute Gasteiger partial charge is 0.463 e. The van der Waals surface area contributed by atoms with Gasteiger partial charge in [-0.1, -0.05) is 31.2 Å². The van der Waals surface area contributed by atoms with Crippen LogP contribution in [0.5, 0.6) is 5.75 Å². The molecule has 0 N–H and O–H groups in total. The Kier molecular flexibility index (Phi) is 3.34. The highest BCUT2D eigenvalue weighted by Gasteiger charge is 2.33. The maximum absolute atomic E-state index is 14.3. The number of rotatable bonds is 2. The Morgan fingerprint density at radius 3 is 2.79 bits per heavy atom. The SMILES string of the molecule is CCC1(C)N=C(c2cnc3ccccc3c2)c2cccc(F)c2O1. The van der Waals surface area contributed by atoms with E-state index in [9.17, 15) is 4.39 Å². The Labute approximate surface area is 139 Å². The Balaban J connectivity index is 1.95. The number of nitrogens with zero attached hydrogens (tertiary/aromatic N) is 2. The molecule has 2 aromatic carbocycles. The van der Waals surface area contributed by atoms with E-state index in [1.54, 1.807) is 12.3 Å². The minimum Gasteiger partial charge on any atom is -0.463 e. The maximum atomic E-state index is 14.3. The normalized spacial score (nSPS) is 19.5. The van der Waals surface area contributed by atoms with Crippen LogP contribution in [0.25, 0.3) is 10.9 Å². The highest BCUT2D eigenvalue weighted by Crippen LogP contribution is 2.36. The van der Waals surface area contributed by atoms with Crippen LogP contribution in [0.4, 0.5) is 4.39 Å². The minimum absolute atomic E-state index is 0.264. The van der Waals surface area contributed by atoms with Crippen molar-refractivity contribution in [3.8, 4) is 5.75 Å². The number of halogens is 1. The van der Waals surface area contributed by atoms with Gasteiger partial charge in [0.05, 0.1) is 11.2 Å². The first-order valence-electron chi connectivity index (χ1n) is 8.02. The van der Waals surface area contributed by atoms with Crippen molar-refractivity contribution in [2.75, 3.05) is 0 Å². The first-order chi connectivity index (χ1) is 11.6. The first-order valence-corrected chi connectivity index (χ1v) is 8.02. The van der Waals surface area contributed by atoms with Gasteiger partial charge in [-0.3, -0.25) is 4.98 Å². The van der Waals surface area contributed by atoms with E-state index in [0.717, 1.165) is 22.2 Å². The number of hydrogen-bond donors (Lipinski definition) is 0. The fourth-order valence-corrected chi connectivity index (χ4v) is 2.91. The molecule has 1 aromatic heterocycles. The van der Waals surface area contributed by atoms with Crippen LogP contribution in [0.1, 0.15) is 31.4 Å². The zero-order valence-corrected chi connectivity index (χ0v) is 13.6. The second-order valence-corrected chi connectivity index (χ2v) is 6.12. The molecule has 0 saturated heterocycles. The smallest absolute Gasteiger partial charge is 0.197 e. The van der Waals surface area contributed by atoms with Gasteiger partial charge in [0, 0.05) is 29.1 Å². The summed E-state index contributed by atoms with van der Waals surface area (Å²) in [6.07, 6.45) is 2.43. The van der Waals surface area contributed by atoms with Gasteiger partial charge in [0.25, 0.3) is 0 Å². The van der Waals surface area contributed by atoms with Crippen molar-refractivity contribution in [3.05, 3.63) is 71.7 Å². The lowest BCUT2D eigenvalue weighted by atomic mass is 9.98. The molecule has 0 amide bonds. The van der Waals surface area contributed by atoms with Gasteiger partial charge in [-0.25, -0.2) is 9.38 Å². The Hall–Kier alpha value is -2.75. The van der Waals surface area contributed by atoms with Gasteiger partial charge < -0.3 is 4.74 Å². The monoisotopic (exact) mass is 320 g/mol. The molecule has 120 valence electrons. The predicted octanol–water partition coefficient (Wildman–Crippen LogP) is 4.73. The molecule has 3 aromatic rings. The van der Waals surface area contributed by atoms with Crippen LogP contribution in [0, 0.1) is 5.82 Å². The standard InChI is InChI=1S/C20H17FN2O/c1-3-20(2)23-18(15-8-6-9-16(21)19(15)24-20)14-11-13-7-4-5-10-17(13)22-12-14/h4-12H,3H2,1-2H3. The second-order valence-electron chi connectivity index (χ2n) is 6.12. The van der Waals surface area contributed by atoms with Crippen molar-refractivity contribution >= 4 is 16.6 Å². The highest BCUT2D eigenvalue weighted by molar-refractivity contribution is 6.16. The van der Waals surface area contributed by atoms with Gasteiger partial charge in [-0.2, -0.15) is 0 Å². The Morgan fingerprint density at radius 1 is 1.12 bits per heavy atom. The van der Waals surface area contributed by atoms with Crippen molar-refractivity contribution in [1.29, 1.82) is 0 Å². The van der Waals surface area contributed by atoms with Gasteiger partial charge in [0.15, 0.2) is 17.3 Å². The number of aliphatic imine (C=N–C) groups is 1. The molecular weight excluding hydrogens is 303 g/mol. The van der Waals surface area contributed by atoms with Crippen LogP contribution >= 0.6 is 0 Å². The molecule has 1 aliphatic heterocycles. The number of hydrogen-bond acceptors (Lipinski definition) is 3. The first kappa shape index (κ1) is 14.8. The molecule has 0 saturated carbocycles. The van der Waals surface area contributed by atoms with E-state index in [4.69, 9.17) is 9.73 Å². The Morgan fingerprint density at radius 2 is 1.96 bits per heavy atom. The predicted molar refractivity (Wildman–Crippen MR) is 93.1 cm³/mol. The summed E-state index contributed by atoms with van der Waals surface area (Å²) in [6.45, 7) is 3.85. The zero-order valence-electron chi connectivity index (χ0n) is 13.6. The molecule has 4 heteroatoms. The number of para-hydroxylation sites is 2. The van der Waals surface area contributed by atoms with E-state index >= 15 is 0 Å². The summed E-state index contributed by atoms with van der Waals surface area (Å²) in [6, 6.07) is 14.9. The van der Waals surface area contributed by atoms with Crippen LogP contribution in [0.3, 0.4) is 0 Å². The summed E-state index contributed by atoms with van der Waals surface area (Å²) < 4.78 is 20.2. The average molecular weight is 320 g/mol. The lowest BCUT2D eigenvalue weighted by Crippen LogP contribution is -2.35. The lowest BCUT2D eigenvalue weighted by molar-refractivity contribution is 0.0848. The van der Waals surface area contributed by atoms with E-state index in [1.165, 1.54) is 6.07 Å². The number of fused-ring (bicyclic) bond motifs is 2. The van der Waals surface area contributed by atoms with E-state index in [-0.39, 0.29) is 11.6 Å². The molecular formula is C20H17FN2O. The van der Waals surface area contributed by atoms with Gasteiger partial charge in [0.2, 0.25) is 0 Å². The van der Waals surface area contributed by atoms with E-state index in [1.807, 2.05) is 50.2 Å². The van der Waals surface area contributed by atoms with Gasteiger partial charge in [-0.05, 0) is 31.2 Å². The third-order valence-corrected chi connectivity index (χ3v) is 4.41. The maximum Gasteiger partial charge on any atom is 0.197 e. The van der Waals surface area contributed by atoms with Crippen LogP contribution < -0.4 is 4.74 Å². The second kappa shape index (κ2) is 5.41. The van der Waals surface area contributed by atoms with E-state index in [2.05, 4.69) is 4.98 Å². The summed E-state index contributed by atoms with van der Waals surface area (Å²) in [5, 5.41) is 1.03. The van der Waals surface area contributed by atoms with Gasteiger partial charge >= 0.3 is 0 Å². The number of ether oxygens (including phenoxy) is 1. The zero-order chi connectivity index (χ0) is 16.7. The van der Waals surface area contributed by atoms with Crippen molar-refractivity contribution in [3.63, 3.8) is 0 Å². The van der Waals surface area contributed by atoms with Gasteiger partial charge in [-0.15, -0.1) is 0 Å². The summed E-state index contributed by atoms with van der Waals surface area (Å²) in [7, 11) is 0. The Bertz CT molecular complexity index is 967. The minimum atomic E-state index is -0.782. The molecule has 0 bridgehead atoms. The van der Waals surface area contributed by atoms with E-state index < -0.39 is 5.72 Å². The summed E-state index contributed by atoms with van der Waals surface area (Å²) in [4.78, 5) is 9.29. The van der Waals surface area contributed by atoms with Crippen molar-refractivity contribution < 1.29 is 9.13 Å². The van der Waals surface area contributed by atoms with Gasteiger partial charge in [0.1, 0.15) is 0 Å². The summed E-state index contributed by atoms with van der Waals surface area (Å²) in [5.41, 5.74) is 2.39. The van der Waals surface area contributed by atoms with Crippen molar-refractivity contribution in [1.82, 2.24) is 4.98 Å². The van der Waals surface area contributed by atoms with Crippen LogP contribution in [-0.4, -0.2) is 16.4 Å². The lowest BCUT2D eigenvalue weighted by Gasteiger charge is -2.32. The van der Waals surface area contributed by atoms with Crippen molar-refractivity contribution in [2.24, 2.45) is 4.99 Å². The molecule has 1 atom stereocenters. The quantitative estimate of drug-likeness (QED) is 0.684. The molecule has 3 nitrogen and oxygen atoms in total. The molecule has 0 spiro atoms. The molecule has 24 heavy (non-hydrogen) atoms. The third-order valence-electron chi connectivity index (χ3n) is 4.41.